The van der Waals surface area contributed by atoms with Crippen LogP contribution in [-0.2, 0) is 0 Å². The molecule has 2 nitrogen and oxygen atoms in total. The van der Waals surface area contributed by atoms with Gasteiger partial charge >= 0.3 is 0 Å². The molecule has 1 aromatic carbocycles. The van der Waals surface area contributed by atoms with E-state index < -0.39 is 5.82 Å². The number of benzene rings is 1. The fourth-order valence-corrected chi connectivity index (χ4v) is 1.55. The molecule has 0 aliphatic carbocycles. The molecular weight excluding hydrogens is 252 g/mol. The highest BCUT2D eigenvalue weighted by molar-refractivity contribution is 6.30. The average Bonchev–Trinajstić information content (AvgIpc) is 2.66. The lowest BCUT2D eigenvalue weighted by Gasteiger charge is -1.99. The minimum Gasteiger partial charge on any atom is -0.439 e. The highest BCUT2D eigenvalue weighted by Gasteiger charge is 2.13. The molecule has 0 N–H and O–H groups in total. The van der Waals surface area contributed by atoms with Crippen molar-refractivity contribution in [1.82, 2.24) is 4.98 Å². The number of oxazole rings is 1. The normalized spacial score (nSPS) is 12.8. The third kappa shape index (κ3) is 2.20. The second-order valence-electron chi connectivity index (χ2n) is 3.30. The number of hydrogen-bond donors (Lipinski definition) is 0. The summed E-state index contributed by atoms with van der Waals surface area (Å²) < 4.78 is 18.9. The van der Waals surface area contributed by atoms with Crippen LogP contribution in [0.1, 0.15) is 18.2 Å². The first-order valence-electron chi connectivity index (χ1n) is 4.63. The highest BCUT2D eigenvalue weighted by Crippen LogP contribution is 2.28. The molecule has 0 saturated heterocycles. The largest absolute Gasteiger partial charge is 0.439 e. The quantitative estimate of drug-likeness (QED) is 0.746. The SMILES string of the molecule is CC(Cl)c1ncc(-c2ccc(Cl)cc2F)o1. The summed E-state index contributed by atoms with van der Waals surface area (Å²) in [5.41, 5.74) is 0.320. The lowest BCUT2D eigenvalue weighted by Crippen LogP contribution is -1.82. The first kappa shape index (κ1) is 11.4. The van der Waals surface area contributed by atoms with Gasteiger partial charge in [0, 0.05) is 5.02 Å². The molecule has 0 spiro atoms. The second kappa shape index (κ2) is 4.44. The zero-order valence-electron chi connectivity index (χ0n) is 8.38. The van der Waals surface area contributed by atoms with Crippen LogP contribution in [0.2, 0.25) is 5.02 Å². The van der Waals surface area contributed by atoms with Gasteiger partial charge in [-0.3, -0.25) is 0 Å². The van der Waals surface area contributed by atoms with Crippen LogP contribution < -0.4 is 0 Å². The third-order valence-electron chi connectivity index (χ3n) is 2.06. The van der Waals surface area contributed by atoms with Crippen LogP contribution in [0.5, 0.6) is 0 Å². The van der Waals surface area contributed by atoms with E-state index in [1.54, 1.807) is 19.1 Å². The Labute approximate surface area is 102 Å². The van der Waals surface area contributed by atoms with Gasteiger partial charge < -0.3 is 4.42 Å². The van der Waals surface area contributed by atoms with E-state index in [1.807, 2.05) is 0 Å². The molecule has 2 rings (SSSR count). The van der Waals surface area contributed by atoms with Gasteiger partial charge in [0.15, 0.2) is 5.76 Å². The first-order valence-corrected chi connectivity index (χ1v) is 5.44. The molecule has 1 unspecified atom stereocenters. The molecule has 0 amide bonds. The predicted molar refractivity (Wildman–Crippen MR) is 61.2 cm³/mol. The van der Waals surface area contributed by atoms with Gasteiger partial charge in [-0.25, -0.2) is 9.37 Å². The van der Waals surface area contributed by atoms with Crippen molar-refractivity contribution in [3.05, 3.63) is 41.1 Å². The van der Waals surface area contributed by atoms with Crippen LogP contribution in [0.3, 0.4) is 0 Å². The molecule has 5 heteroatoms. The molecular formula is C11H8Cl2FNO. The lowest BCUT2D eigenvalue weighted by atomic mass is 10.2. The molecule has 0 bridgehead atoms. The average molecular weight is 260 g/mol. The van der Waals surface area contributed by atoms with Crippen LogP contribution >= 0.6 is 23.2 Å². The van der Waals surface area contributed by atoms with Crippen LogP contribution in [0, 0.1) is 5.82 Å². The zero-order valence-corrected chi connectivity index (χ0v) is 9.89. The van der Waals surface area contributed by atoms with Crippen LogP contribution in [0.4, 0.5) is 4.39 Å². The second-order valence-corrected chi connectivity index (χ2v) is 4.39. The Morgan fingerprint density at radius 1 is 1.44 bits per heavy atom. The van der Waals surface area contributed by atoms with E-state index in [2.05, 4.69) is 4.98 Å². The summed E-state index contributed by atoms with van der Waals surface area (Å²) in [5.74, 6) is 0.264. The van der Waals surface area contributed by atoms with Crippen LogP contribution in [0.15, 0.2) is 28.8 Å². The van der Waals surface area contributed by atoms with Crippen molar-refractivity contribution in [3.8, 4) is 11.3 Å². The fraction of sp³-hybridized carbons (Fsp3) is 0.182. The smallest absolute Gasteiger partial charge is 0.212 e. The van der Waals surface area contributed by atoms with Gasteiger partial charge in [0.25, 0.3) is 0 Å². The number of hydrogen-bond acceptors (Lipinski definition) is 2. The minimum absolute atomic E-state index is 0.320. The Hall–Kier alpha value is -1.06. The lowest BCUT2D eigenvalue weighted by molar-refractivity contribution is 0.504. The number of alkyl halides is 1. The number of halogens is 3. The zero-order chi connectivity index (χ0) is 11.7. The minimum atomic E-state index is -0.447. The summed E-state index contributed by atoms with van der Waals surface area (Å²) in [6.45, 7) is 1.73. The molecule has 0 fully saturated rings. The van der Waals surface area contributed by atoms with Gasteiger partial charge in [0.2, 0.25) is 5.89 Å². The summed E-state index contributed by atoms with van der Waals surface area (Å²) >= 11 is 11.5. The molecule has 0 radical (unpaired) electrons. The topological polar surface area (TPSA) is 26.0 Å². The van der Waals surface area contributed by atoms with E-state index in [0.29, 0.717) is 22.2 Å². The summed E-state index contributed by atoms with van der Waals surface area (Å²) in [7, 11) is 0. The Kier molecular flexibility index (Phi) is 3.17. The third-order valence-corrected chi connectivity index (χ3v) is 2.48. The van der Waals surface area contributed by atoms with Gasteiger partial charge in [-0.05, 0) is 25.1 Å². The number of rotatable bonds is 2. The van der Waals surface area contributed by atoms with Crippen molar-refractivity contribution in [2.45, 2.75) is 12.3 Å². The standard InChI is InChI=1S/C11H8Cl2FNO/c1-6(12)11-15-5-10(16-11)8-3-2-7(13)4-9(8)14/h2-6H,1H3. The van der Waals surface area contributed by atoms with E-state index in [4.69, 9.17) is 27.6 Å². The molecule has 84 valence electrons. The van der Waals surface area contributed by atoms with Gasteiger partial charge in [-0.1, -0.05) is 11.6 Å². The summed E-state index contributed by atoms with van der Waals surface area (Å²) in [6, 6.07) is 4.36. The van der Waals surface area contributed by atoms with Crippen molar-refractivity contribution >= 4 is 23.2 Å². The maximum Gasteiger partial charge on any atom is 0.212 e. The Morgan fingerprint density at radius 3 is 2.75 bits per heavy atom. The van der Waals surface area contributed by atoms with E-state index in [-0.39, 0.29) is 5.38 Å². The van der Waals surface area contributed by atoms with Crippen molar-refractivity contribution in [3.63, 3.8) is 0 Å². The van der Waals surface area contributed by atoms with E-state index >= 15 is 0 Å². The van der Waals surface area contributed by atoms with Gasteiger partial charge in [0.1, 0.15) is 11.2 Å². The van der Waals surface area contributed by atoms with Gasteiger partial charge in [-0.2, -0.15) is 0 Å². The summed E-state index contributed by atoms with van der Waals surface area (Å²) in [4.78, 5) is 3.96. The monoisotopic (exact) mass is 259 g/mol. The first-order chi connectivity index (χ1) is 7.58. The maximum absolute atomic E-state index is 13.5. The summed E-state index contributed by atoms with van der Waals surface area (Å²) in [6.07, 6.45) is 1.44. The van der Waals surface area contributed by atoms with Crippen molar-refractivity contribution in [2.24, 2.45) is 0 Å². The van der Waals surface area contributed by atoms with Gasteiger partial charge in [0.05, 0.1) is 11.8 Å². The van der Waals surface area contributed by atoms with E-state index in [1.165, 1.54) is 12.3 Å². The predicted octanol–water partition coefficient (Wildman–Crippen LogP) is 4.43. The van der Waals surface area contributed by atoms with E-state index in [9.17, 15) is 4.39 Å². The molecule has 1 atom stereocenters. The summed E-state index contributed by atoms with van der Waals surface area (Å²) in [5, 5.41) is -0.00388. The molecule has 1 heterocycles. The van der Waals surface area contributed by atoms with E-state index in [0.717, 1.165) is 0 Å². The van der Waals surface area contributed by atoms with Crippen molar-refractivity contribution in [2.75, 3.05) is 0 Å². The molecule has 0 aliphatic rings. The molecule has 2 aromatic rings. The van der Waals surface area contributed by atoms with Crippen LogP contribution in [0.25, 0.3) is 11.3 Å². The molecule has 16 heavy (non-hydrogen) atoms. The van der Waals surface area contributed by atoms with Gasteiger partial charge in [-0.15, -0.1) is 11.6 Å². The fourth-order valence-electron chi connectivity index (χ4n) is 1.29. The maximum atomic E-state index is 13.5. The highest BCUT2D eigenvalue weighted by atomic mass is 35.5. The van der Waals surface area contributed by atoms with Crippen molar-refractivity contribution in [1.29, 1.82) is 0 Å². The Balaban J connectivity index is 2.42. The Morgan fingerprint density at radius 2 is 2.19 bits per heavy atom. The molecule has 0 aliphatic heterocycles. The number of aromatic nitrogens is 1. The molecule has 0 saturated carbocycles. The number of nitrogens with zero attached hydrogens (tertiary/aromatic N) is 1. The van der Waals surface area contributed by atoms with Crippen molar-refractivity contribution < 1.29 is 8.81 Å². The van der Waals surface area contributed by atoms with Crippen LogP contribution in [-0.4, -0.2) is 4.98 Å². The Bertz CT molecular complexity index is 510. The molecule has 1 aromatic heterocycles.